The van der Waals surface area contributed by atoms with Gasteiger partial charge in [-0.3, -0.25) is 0 Å². The highest BCUT2D eigenvalue weighted by molar-refractivity contribution is 5.42. The van der Waals surface area contributed by atoms with Crippen LogP contribution in [-0.2, 0) is 6.42 Å². The van der Waals surface area contributed by atoms with Crippen LogP contribution >= 0.6 is 0 Å². The molecule has 1 atom stereocenters. The molecule has 3 nitrogen and oxygen atoms in total. The molecular formula is C17H21NO2. The molecule has 2 heterocycles. The molecule has 1 unspecified atom stereocenters. The van der Waals surface area contributed by atoms with E-state index in [9.17, 15) is 0 Å². The van der Waals surface area contributed by atoms with Gasteiger partial charge in [-0.2, -0.15) is 0 Å². The first-order valence-electron chi connectivity index (χ1n) is 7.32. The number of furan rings is 1. The predicted octanol–water partition coefficient (Wildman–Crippen LogP) is 3.61. The number of hydrogen-bond donors (Lipinski definition) is 1. The summed E-state index contributed by atoms with van der Waals surface area (Å²) in [4.78, 5) is 0. The predicted molar refractivity (Wildman–Crippen MR) is 79.2 cm³/mol. The lowest BCUT2D eigenvalue weighted by molar-refractivity contribution is 0.288. The third-order valence-electron chi connectivity index (χ3n) is 3.84. The number of rotatable bonds is 4. The third-order valence-corrected chi connectivity index (χ3v) is 3.84. The minimum atomic E-state index is 0.113. The molecule has 106 valence electrons. The summed E-state index contributed by atoms with van der Waals surface area (Å²) in [6.07, 6.45) is 3.96. The first kappa shape index (κ1) is 13.3. The summed E-state index contributed by atoms with van der Waals surface area (Å²) in [5.41, 5.74) is 3.74. The molecule has 3 rings (SSSR count). The lowest BCUT2D eigenvalue weighted by atomic mass is 9.97. The Bertz CT molecular complexity index is 588. The standard InChI is InChI=1S/C17H21NO2/c1-3-18-16(17-12(2)8-10-20-17)14-6-7-15-13(11-14)5-4-9-19-15/h6-8,10-11,16,18H,3-5,9H2,1-2H3. The molecule has 2 aromatic rings. The molecule has 1 N–H and O–H groups in total. The molecular weight excluding hydrogens is 250 g/mol. The van der Waals surface area contributed by atoms with Crippen molar-refractivity contribution < 1.29 is 9.15 Å². The highest BCUT2D eigenvalue weighted by Crippen LogP contribution is 2.31. The number of nitrogens with one attached hydrogen (secondary N) is 1. The number of hydrogen-bond acceptors (Lipinski definition) is 3. The lowest BCUT2D eigenvalue weighted by Crippen LogP contribution is -2.22. The molecule has 0 aliphatic carbocycles. The van der Waals surface area contributed by atoms with Gasteiger partial charge < -0.3 is 14.5 Å². The van der Waals surface area contributed by atoms with E-state index in [4.69, 9.17) is 9.15 Å². The molecule has 1 aliphatic rings. The summed E-state index contributed by atoms with van der Waals surface area (Å²) in [6, 6.07) is 8.61. The summed E-state index contributed by atoms with van der Waals surface area (Å²) in [6.45, 7) is 5.94. The zero-order chi connectivity index (χ0) is 13.9. The van der Waals surface area contributed by atoms with Gasteiger partial charge in [0.05, 0.1) is 18.9 Å². The Kier molecular flexibility index (Phi) is 3.79. The number of aryl methyl sites for hydroxylation is 2. The molecule has 1 aromatic carbocycles. The molecule has 20 heavy (non-hydrogen) atoms. The maximum absolute atomic E-state index is 5.69. The summed E-state index contributed by atoms with van der Waals surface area (Å²) in [5, 5.41) is 3.51. The second kappa shape index (κ2) is 5.71. The normalized spacial score (nSPS) is 15.5. The minimum absolute atomic E-state index is 0.113. The Balaban J connectivity index is 1.97. The van der Waals surface area contributed by atoms with E-state index < -0.39 is 0 Å². The van der Waals surface area contributed by atoms with Crippen molar-refractivity contribution in [2.75, 3.05) is 13.2 Å². The van der Waals surface area contributed by atoms with Crippen LogP contribution in [0.25, 0.3) is 0 Å². The Morgan fingerprint density at radius 1 is 1.30 bits per heavy atom. The van der Waals surface area contributed by atoms with Crippen LogP contribution in [0.4, 0.5) is 0 Å². The Morgan fingerprint density at radius 2 is 2.20 bits per heavy atom. The Labute approximate surface area is 119 Å². The van der Waals surface area contributed by atoms with Crippen LogP contribution in [0.2, 0.25) is 0 Å². The van der Waals surface area contributed by atoms with Crippen molar-refractivity contribution in [3.63, 3.8) is 0 Å². The van der Waals surface area contributed by atoms with Crippen LogP contribution in [0.3, 0.4) is 0 Å². The minimum Gasteiger partial charge on any atom is -0.493 e. The van der Waals surface area contributed by atoms with E-state index in [1.807, 2.05) is 6.07 Å². The molecule has 3 heteroatoms. The van der Waals surface area contributed by atoms with Crippen LogP contribution in [0.15, 0.2) is 34.9 Å². The highest BCUT2D eigenvalue weighted by atomic mass is 16.5. The van der Waals surface area contributed by atoms with Gasteiger partial charge in [-0.1, -0.05) is 19.1 Å². The molecule has 0 radical (unpaired) electrons. The van der Waals surface area contributed by atoms with Crippen LogP contribution in [0.1, 0.15) is 41.8 Å². The van der Waals surface area contributed by atoms with Gasteiger partial charge in [0.25, 0.3) is 0 Å². The van der Waals surface area contributed by atoms with E-state index in [1.165, 1.54) is 16.7 Å². The van der Waals surface area contributed by atoms with E-state index in [-0.39, 0.29) is 6.04 Å². The van der Waals surface area contributed by atoms with E-state index in [2.05, 4.69) is 37.4 Å². The van der Waals surface area contributed by atoms with E-state index >= 15 is 0 Å². The van der Waals surface area contributed by atoms with E-state index in [0.717, 1.165) is 37.5 Å². The number of benzene rings is 1. The fourth-order valence-corrected chi connectivity index (χ4v) is 2.81. The van der Waals surface area contributed by atoms with Gasteiger partial charge in [0.2, 0.25) is 0 Å². The molecule has 1 aliphatic heterocycles. The summed E-state index contributed by atoms with van der Waals surface area (Å²) in [7, 11) is 0. The quantitative estimate of drug-likeness (QED) is 0.922. The van der Waals surface area contributed by atoms with Crippen molar-refractivity contribution >= 4 is 0 Å². The van der Waals surface area contributed by atoms with Crippen LogP contribution < -0.4 is 10.1 Å². The maximum atomic E-state index is 5.69. The molecule has 0 amide bonds. The van der Waals surface area contributed by atoms with Gasteiger partial charge >= 0.3 is 0 Å². The lowest BCUT2D eigenvalue weighted by Gasteiger charge is -2.22. The zero-order valence-electron chi connectivity index (χ0n) is 12.1. The topological polar surface area (TPSA) is 34.4 Å². The van der Waals surface area contributed by atoms with Crippen molar-refractivity contribution in [3.05, 3.63) is 53.0 Å². The van der Waals surface area contributed by atoms with Crippen molar-refractivity contribution in [1.29, 1.82) is 0 Å². The number of fused-ring (bicyclic) bond motifs is 1. The smallest absolute Gasteiger partial charge is 0.128 e. The van der Waals surface area contributed by atoms with Gasteiger partial charge in [-0.25, -0.2) is 0 Å². The van der Waals surface area contributed by atoms with Crippen LogP contribution in [0, 0.1) is 6.92 Å². The second-order valence-corrected chi connectivity index (χ2v) is 5.28. The SMILES string of the molecule is CCNC(c1ccc2c(c1)CCCO2)c1occc1C. The van der Waals surface area contributed by atoms with Crippen LogP contribution in [0.5, 0.6) is 5.75 Å². The van der Waals surface area contributed by atoms with E-state index in [1.54, 1.807) is 6.26 Å². The second-order valence-electron chi connectivity index (χ2n) is 5.28. The first-order valence-corrected chi connectivity index (χ1v) is 7.32. The van der Waals surface area contributed by atoms with Gasteiger partial charge in [0.1, 0.15) is 11.5 Å². The molecule has 0 fully saturated rings. The number of ether oxygens (including phenoxy) is 1. The largest absolute Gasteiger partial charge is 0.493 e. The van der Waals surface area contributed by atoms with Crippen molar-refractivity contribution in [1.82, 2.24) is 5.32 Å². The summed E-state index contributed by atoms with van der Waals surface area (Å²) >= 11 is 0. The van der Waals surface area contributed by atoms with Crippen molar-refractivity contribution in [2.24, 2.45) is 0 Å². The van der Waals surface area contributed by atoms with E-state index in [0.29, 0.717) is 0 Å². The average Bonchev–Trinajstić information content (AvgIpc) is 2.90. The summed E-state index contributed by atoms with van der Waals surface area (Å²) in [5.74, 6) is 2.04. The van der Waals surface area contributed by atoms with Gasteiger partial charge in [-0.05, 0) is 55.1 Å². The molecule has 0 spiro atoms. The molecule has 0 saturated heterocycles. The average molecular weight is 271 g/mol. The maximum Gasteiger partial charge on any atom is 0.128 e. The van der Waals surface area contributed by atoms with Crippen molar-refractivity contribution in [3.8, 4) is 5.75 Å². The summed E-state index contributed by atoms with van der Waals surface area (Å²) < 4.78 is 11.4. The third kappa shape index (κ3) is 2.46. The highest BCUT2D eigenvalue weighted by Gasteiger charge is 2.20. The monoisotopic (exact) mass is 271 g/mol. The van der Waals surface area contributed by atoms with Gasteiger partial charge in [0.15, 0.2) is 0 Å². The Hall–Kier alpha value is -1.74. The van der Waals surface area contributed by atoms with Gasteiger partial charge in [0, 0.05) is 0 Å². The molecule has 0 bridgehead atoms. The fraction of sp³-hybridized carbons (Fsp3) is 0.412. The first-order chi connectivity index (χ1) is 9.79. The van der Waals surface area contributed by atoms with Gasteiger partial charge in [-0.15, -0.1) is 0 Å². The van der Waals surface area contributed by atoms with Crippen LogP contribution in [-0.4, -0.2) is 13.2 Å². The Morgan fingerprint density at radius 3 is 2.95 bits per heavy atom. The fourth-order valence-electron chi connectivity index (χ4n) is 2.81. The van der Waals surface area contributed by atoms with Crippen molar-refractivity contribution in [2.45, 2.75) is 32.7 Å². The zero-order valence-corrected chi connectivity index (χ0v) is 12.1. The molecule has 0 saturated carbocycles. The molecule has 1 aromatic heterocycles.